The Morgan fingerprint density at radius 3 is 1.89 bits per heavy atom. The van der Waals surface area contributed by atoms with Crippen LogP contribution in [0.15, 0.2) is 46.0 Å². The molecule has 0 bridgehead atoms. The molecule has 0 saturated heterocycles. The summed E-state index contributed by atoms with van der Waals surface area (Å²) in [6.07, 6.45) is -0.0642. The SMILES string of the molecule is CC(F)(F)c1cc(Cc2c(Cc3ccc(F)c(F)c3)c(=O)c2=O)ccc1Cl. The quantitative estimate of drug-likeness (QED) is 0.470. The van der Waals surface area contributed by atoms with Crippen molar-refractivity contribution in [2.75, 3.05) is 0 Å². The van der Waals surface area contributed by atoms with E-state index in [1.54, 1.807) is 0 Å². The first kappa shape index (κ1) is 19.3. The maximum absolute atomic E-state index is 13.6. The van der Waals surface area contributed by atoms with Crippen molar-refractivity contribution < 1.29 is 17.6 Å². The average molecular weight is 397 g/mol. The summed E-state index contributed by atoms with van der Waals surface area (Å²) in [6, 6.07) is 7.20. The van der Waals surface area contributed by atoms with Crippen molar-refractivity contribution in [1.82, 2.24) is 0 Å². The Balaban J connectivity index is 1.91. The molecule has 0 aliphatic rings. The Labute approximate surface area is 156 Å². The summed E-state index contributed by atoms with van der Waals surface area (Å²) in [7, 11) is 0. The predicted molar refractivity (Wildman–Crippen MR) is 94.3 cm³/mol. The Morgan fingerprint density at radius 2 is 1.37 bits per heavy atom. The van der Waals surface area contributed by atoms with Crippen molar-refractivity contribution in [3.8, 4) is 0 Å². The summed E-state index contributed by atoms with van der Waals surface area (Å²) in [4.78, 5) is 23.8. The standard InChI is InChI=1S/C20H13ClF4O2/c1-20(24,25)14-8-10(2-4-15(14)21)6-12-13(19(27)18(12)26)7-11-3-5-16(22)17(23)9-11/h2-5,8-9H,6-7H2,1H3. The molecule has 3 aromatic rings. The van der Waals surface area contributed by atoms with Crippen molar-refractivity contribution in [1.29, 1.82) is 0 Å². The molecule has 0 aromatic heterocycles. The molecule has 2 nitrogen and oxygen atoms in total. The van der Waals surface area contributed by atoms with E-state index in [4.69, 9.17) is 11.6 Å². The van der Waals surface area contributed by atoms with Crippen molar-refractivity contribution in [3.05, 3.63) is 101 Å². The zero-order valence-electron chi connectivity index (χ0n) is 14.1. The lowest BCUT2D eigenvalue weighted by Gasteiger charge is -2.16. The molecule has 0 unspecified atom stereocenters. The number of hydrogen-bond donors (Lipinski definition) is 0. The van der Waals surface area contributed by atoms with Gasteiger partial charge in [-0.25, -0.2) is 17.6 Å². The molecule has 0 heterocycles. The van der Waals surface area contributed by atoms with Gasteiger partial charge in [0.1, 0.15) is 0 Å². The maximum Gasteiger partial charge on any atom is 0.271 e. The summed E-state index contributed by atoms with van der Waals surface area (Å²) in [6.45, 7) is 0.712. The van der Waals surface area contributed by atoms with Gasteiger partial charge in [-0.3, -0.25) is 9.59 Å². The Bertz CT molecular complexity index is 1090. The van der Waals surface area contributed by atoms with Gasteiger partial charge in [0.25, 0.3) is 5.92 Å². The van der Waals surface area contributed by atoms with Crippen LogP contribution < -0.4 is 10.9 Å². The van der Waals surface area contributed by atoms with Gasteiger partial charge in [-0.05, 0) is 35.4 Å². The third-order valence-corrected chi connectivity index (χ3v) is 4.70. The van der Waals surface area contributed by atoms with Gasteiger partial charge in [0.05, 0.1) is 0 Å². The van der Waals surface area contributed by atoms with Crippen LogP contribution in [0.4, 0.5) is 17.6 Å². The lowest BCUT2D eigenvalue weighted by atomic mass is 9.89. The number of benzene rings is 2. The lowest BCUT2D eigenvalue weighted by molar-refractivity contribution is 0.0175. The smallest absolute Gasteiger partial charge is 0.271 e. The highest BCUT2D eigenvalue weighted by molar-refractivity contribution is 6.31. The molecular formula is C20H13ClF4O2. The fourth-order valence-electron chi connectivity index (χ4n) is 2.94. The predicted octanol–water partition coefficient (Wildman–Crippen LogP) is 4.51. The van der Waals surface area contributed by atoms with Crippen molar-refractivity contribution in [2.45, 2.75) is 25.7 Å². The molecule has 0 aliphatic heterocycles. The highest BCUT2D eigenvalue weighted by Crippen LogP contribution is 2.33. The minimum absolute atomic E-state index is 0.0240. The van der Waals surface area contributed by atoms with Crippen LogP contribution in [-0.2, 0) is 18.8 Å². The summed E-state index contributed by atoms with van der Waals surface area (Å²) in [5.74, 6) is -5.23. The van der Waals surface area contributed by atoms with E-state index in [0.29, 0.717) is 18.1 Å². The van der Waals surface area contributed by atoms with Crippen LogP contribution in [-0.4, -0.2) is 0 Å². The largest absolute Gasteiger partial charge is 0.285 e. The third-order valence-electron chi connectivity index (χ3n) is 4.37. The molecule has 27 heavy (non-hydrogen) atoms. The second-order valence-electron chi connectivity index (χ2n) is 6.42. The molecule has 0 saturated carbocycles. The van der Waals surface area contributed by atoms with Crippen LogP contribution in [0.5, 0.6) is 0 Å². The summed E-state index contributed by atoms with van der Waals surface area (Å²) in [5.41, 5.74) is -0.698. The average Bonchev–Trinajstić information content (AvgIpc) is 2.61. The number of rotatable bonds is 5. The van der Waals surface area contributed by atoms with E-state index in [1.165, 1.54) is 24.3 Å². The van der Waals surface area contributed by atoms with Crippen LogP contribution in [0.1, 0.15) is 34.7 Å². The van der Waals surface area contributed by atoms with E-state index in [0.717, 1.165) is 12.1 Å². The zero-order chi connectivity index (χ0) is 19.9. The Hall–Kier alpha value is -2.47. The van der Waals surface area contributed by atoms with Crippen LogP contribution in [0.3, 0.4) is 0 Å². The minimum atomic E-state index is -3.16. The van der Waals surface area contributed by atoms with E-state index in [9.17, 15) is 27.2 Å². The third kappa shape index (κ3) is 3.81. The van der Waals surface area contributed by atoms with Gasteiger partial charge in [-0.1, -0.05) is 23.7 Å². The van der Waals surface area contributed by atoms with Crippen LogP contribution in [0.2, 0.25) is 5.02 Å². The van der Waals surface area contributed by atoms with E-state index in [1.807, 2.05) is 0 Å². The van der Waals surface area contributed by atoms with Gasteiger partial charge in [0.2, 0.25) is 10.9 Å². The second-order valence-corrected chi connectivity index (χ2v) is 6.83. The number of halogens is 5. The molecule has 140 valence electrons. The molecule has 0 aliphatic carbocycles. The normalized spacial score (nSPS) is 11.9. The fraction of sp³-hybridized carbons (Fsp3) is 0.200. The first-order chi connectivity index (χ1) is 12.6. The molecule has 0 spiro atoms. The van der Waals surface area contributed by atoms with Crippen molar-refractivity contribution in [2.24, 2.45) is 0 Å². The van der Waals surface area contributed by atoms with E-state index < -0.39 is 28.4 Å². The molecule has 0 amide bonds. The first-order valence-corrected chi connectivity index (χ1v) is 8.37. The molecule has 0 radical (unpaired) electrons. The topological polar surface area (TPSA) is 34.1 Å². The van der Waals surface area contributed by atoms with E-state index in [-0.39, 0.29) is 34.6 Å². The van der Waals surface area contributed by atoms with Gasteiger partial charge in [0, 0.05) is 41.5 Å². The van der Waals surface area contributed by atoms with Gasteiger partial charge in [-0.15, -0.1) is 0 Å². The van der Waals surface area contributed by atoms with Crippen LogP contribution in [0.25, 0.3) is 0 Å². The zero-order valence-corrected chi connectivity index (χ0v) is 14.8. The first-order valence-electron chi connectivity index (χ1n) is 7.99. The highest BCUT2D eigenvalue weighted by Gasteiger charge is 2.28. The van der Waals surface area contributed by atoms with E-state index >= 15 is 0 Å². The van der Waals surface area contributed by atoms with Gasteiger partial charge < -0.3 is 0 Å². The fourth-order valence-corrected chi connectivity index (χ4v) is 3.22. The lowest BCUT2D eigenvalue weighted by Crippen LogP contribution is -2.40. The molecule has 0 fully saturated rings. The number of alkyl halides is 2. The Kier molecular flexibility index (Phi) is 4.95. The van der Waals surface area contributed by atoms with Gasteiger partial charge in [0.15, 0.2) is 11.6 Å². The molecule has 7 heteroatoms. The Morgan fingerprint density at radius 1 is 0.852 bits per heavy atom. The van der Waals surface area contributed by atoms with E-state index in [2.05, 4.69) is 0 Å². The molecule has 0 atom stereocenters. The molecular weight excluding hydrogens is 384 g/mol. The molecule has 3 aromatic carbocycles. The summed E-state index contributed by atoms with van der Waals surface area (Å²) < 4.78 is 53.6. The summed E-state index contributed by atoms with van der Waals surface area (Å²) >= 11 is 5.80. The van der Waals surface area contributed by atoms with Crippen LogP contribution in [0, 0.1) is 11.6 Å². The highest BCUT2D eigenvalue weighted by atomic mass is 35.5. The molecule has 3 rings (SSSR count). The monoisotopic (exact) mass is 396 g/mol. The van der Waals surface area contributed by atoms with Crippen molar-refractivity contribution in [3.63, 3.8) is 0 Å². The maximum atomic E-state index is 13.6. The second kappa shape index (κ2) is 6.93. The van der Waals surface area contributed by atoms with Crippen LogP contribution >= 0.6 is 11.6 Å². The summed E-state index contributed by atoms with van der Waals surface area (Å²) in [5, 5.41) is -0.0988. The van der Waals surface area contributed by atoms with Gasteiger partial charge >= 0.3 is 0 Å². The molecule has 0 N–H and O–H groups in total. The van der Waals surface area contributed by atoms with Crippen molar-refractivity contribution >= 4 is 11.6 Å². The number of hydrogen-bond acceptors (Lipinski definition) is 2. The minimum Gasteiger partial charge on any atom is -0.285 e. The van der Waals surface area contributed by atoms with Gasteiger partial charge in [-0.2, -0.15) is 0 Å².